The first kappa shape index (κ1) is 21.1. The molecule has 0 unspecified atom stereocenters. The summed E-state index contributed by atoms with van der Waals surface area (Å²) in [5.74, 6) is 2.72. The number of aliphatic imine (C=N–C) groups is 1. The van der Waals surface area contributed by atoms with E-state index in [1.807, 2.05) is 18.2 Å². The fraction of sp³-hybridized carbons (Fsp3) is 0.632. The second kappa shape index (κ2) is 10.8. The first-order valence-electron chi connectivity index (χ1n) is 9.24. The van der Waals surface area contributed by atoms with Crippen molar-refractivity contribution in [3.05, 3.63) is 18.2 Å². The van der Waals surface area contributed by atoms with Gasteiger partial charge in [0.1, 0.15) is 0 Å². The number of nitrogens with one attached hydrogen (secondary N) is 1. The molecule has 26 heavy (non-hydrogen) atoms. The van der Waals surface area contributed by atoms with Gasteiger partial charge in [-0.25, -0.2) is 0 Å². The van der Waals surface area contributed by atoms with Crippen molar-refractivity contribution in [2.45, 2.75) is 44.6 Å². The molecule has 1 fully saturated rings. The van der Waals surface area contributed by atoms with Gasteiger partial charge >= 0.3 is 0 Å². The Morgan fingerprint density at radius 3 is 2.65 bits per heavy atom. The lowest BCUT2D eigenvalue weighted by Crippen LogP contribution is -2.24. The van der Waals surface area contributed by atoms with Crippen LogP contribution in [0.25, 0.3) is 0 Å². The molecule has 1 heterocycles. The Morgan fingerprint density at radius 2 is 1.92 bits per heavy atom. The van der Waals surface area contributed by atoms with Crippen molar-refractivity contribution in [1.82, 2.24) is 0 Å². The number of halogens is 1. The average molecular weight is 475 g/mol. The smallest absolute Gasteiger partial charge is 0.193 e. The lowest BCUT2D eigenvalue weighted by atomic mass is 9.85. The van der Waals surface area contributed by atoms with E-state index in [2.05, 4.69) is 10.3 Å². The summed E-state index contributed by atoms with van der Waals surface area (Å²) in [4.78, 5) is 4.46. The van der Waals surface area contributed by atoms with Gasteiger partial charge in [-0.15, -0.1) is 24.0 Å². The zero-order valence-corrected chi connectivity index (χ0v) is 17.7. The molecule has 1 aromatic carbocycles. The Morgan fingerprint density at radius 1 is 1.19 bits per heavy atom. The van der Waals surface area contributed by atoms with E-state index in [1.54, 1.807) is 7.11 Å². The van der Waals surface area contributed by atoms with E-state index in [9.17, 15) is 0 Å². The number of hydrogen-bond acceptors (Lipinski definition) is 4. The Hall–Kier alpha value is -1.22. The molecule has 7 heteroatoms. The minimum absolute atomic E-state index is 0. The first-order chi connectivity index (χ1) is 12.2. The predicted molar refractivity (Wildman–Crippen MR) is 115 cm³/mol. The zero-order chi connectivity index (χ0) is 17.5. The molecule has 0 amide bonds. The first-order valence-corrected chi connectivity index (χ1v) is 9.24. The molecule has 0 saturated heterocycles. The van der Waals surface area contributed by atoms with Gasteiger partial charge < -0.3 is 25.3 Å². The molecule has 1 aromatic rings. The molecule has 3 N–H and O–H groups in total. The summed E-state index contributed by atoms with van der Waals surface area (Å²) < 4.78 is 16.7. The number of guanidine groups is 1. The van der Waals surface area contributed by atoms with Crippen LogP contribution in [0, 0.1) is 5.92 Å². The molecule has 0 spiro atoms. The van der Waals surface area contributed by atoms with Gasteiger partial charge in [0.2, 0.25) is 0 Å². The zero-order valence-electron chi connectivity index (χ0n) is 15.4. The Kier molecular flexibility index (Phi) is 8.77. The topological polar surface area (TPSA) is 78.1 Å². The minimum Gasteiger partial charge on any atom is -0.490 e. The van der Waals surface area contributed by atoms with E-state index in [1.165, 1.54) is 12.8 Å². The summed E-state index contributed by atoms with van der Waals surface area (Å²) in [5, 5.41) is 3.14. The van der Waals surface area contributed by atoms with E-state index in [-0.39, 0.29) is 24.0 Å². The highest BCUT2D eigenvalue weighted by Crippen LogP contribution is 2.32. The SMILES string of the molecule is COC1CCC(CCN=C(N)Nc2ccc3c(c2)OCCCO3)CC1.I. The molecule has 1 aliphatic carbocycles. The molecule has 146 valence electrons. The van der Waals surface area contributed by atoms with Crippen LogP contribution < -0.4 is 20.5 Å². The Bertz CT molecular complexity index is 589. The summed E-state index contributed by atoms with van der Waals surface area (Å²) in [6.45, 7) is 2.12. The van der Waals surface area contributed by atoms with Crippen LogP contribution in [0.3, 0.4) is 0 Å². The van der Waals surface area contributed by atoms with Crippen molar-refractivity contribution < 1.29 is 14.2 Å². The maximum Gasteiger partial charge on any atom is 0.193 e. The van der Waals surface area contributed by atoms with Crippen LogP contribution >= 0.6 is 24.0 Å². The van der Waals surface area contributed by atoms with E-state index >= 15 is 0 Å². The molecule has 6 nitrogen and oxygen atoms in total. The third-order valence-electron chi connectivity index (χ3n) is 4.97. The van der Waals surface area contributed by atoms with Gasteiger partial charge in [0.25, 0.3) is 0 Å². The van der Waals surface area contributed by atoms with E-state index < -0.39 is 0 Å². The van der Waals surface area contributed by atoms with Crippen molar-refractivity contribution >= 4 is 35.6 Å². The standard InChI is InChI=1S/C19H29N3O3.HI/c1-23-16-6-3-14(4-7-16)9-10-21-19(20)22-15-5-8-17-18(13-15)25-12-2-11-24-17;/h5,8,13-14,16H,2-4,6-7,9-12H2,1H3,(H3,20,21,22);1H. The van der Waals surface area contributed by atoms with Gasteiger partial charge in [0.05, 0.1) is 19.3 Å². The number of rotatable bonds is 5. The second-order valence-electron chi connectivity index (χ2n) is 6.77. The highest BCUT2D eigenvalue weighted by molar-refractivity contribution is 14.0. The number of nitrogens with zero attached hydrogens (tertiary/aromatic N) is 1. The van der Waals surface area contributed by atoms with Gasteiger partial charge in [-0.3, -0.25) is 4.99 Å². The number of nitrogens with two attached hydrogens (primary N) is 1. The second-order valence-corrected chi connectivity index (χ2v) is 6.77. The van der Waals surface area contributed by atoms with Gasteiger partial charge in [-0.2, -0.15) is 0 Å². The fourth-order valence-electron chi connectivity index (χ4n) is 3.45. The molecular formula is C19H30IN3O3. The number of methoxy groups -OCH3 is 1. The third-order valence-corrected chi connectivity index (χ3v) is 4.97. The summed E-state index contributed by atoms with van der Waals surface area (Å²) in [7, 11) is 1.81. The van der Waals surface area contributed by atoms with Gasteiger partial charge in [0.15, 0.2) is 17.5 Å². The average Bonchev–Trinajstić information content (AvgIpc) is 2.87. The fourth-order valence-corrected chi connectivity index (χ4v) is 3.45. The summed E-state index contributed by atoms with van der Waals surface area (Å²) in [6.07, 6.45) is 7.21. The van der Waals surface area contributed by atoms with Crippen molar-refractivity contribution in [2.24, 2.45) is 16.6 Å². The number of anilines is 1. The lowest BCUT2D eigenvalue weighted by molar-refractivity contribution is 0.0559. The molecule has 0 radical (unpaired) electrons. The molecular weight excluding hydrogens is 445 g/mol. The summed E-state index contributed by atoms with van der Waals surface area (Å²) in [5.41, 5.74) is 6.89. The van der Waals surface area contributed by atoms with Crippen LogP contribution in [-0.2, 0) is 4.74 Å². The van der Waals surface area contributed by atoms with Gasteiger partial charge in [-0.1, -0.05) is 0 Å². The van der Waals surface area contributed by atoms with E-state index in [0.29, 0.717) is 25.3 Å². The largest absolute Gasteiger partial charge is 0.490 e. The number of benzene rings is 1. The molecule has 1 saturated carbocycles. The van der Waals surface area contributed by atoms with Crippen molar-refractivity contribution in [3.8, 4) is 11.5 Å². The number of ether oxygens (including phenoxy) is 3. The maximum atomic E-state index is 6.02. The Balaban J connectivity index is 0.00000243. The summed E-state index contributed by atoms with van der Waals surface area (Å²) in [6, 6.07) is 5.75. The quantitative estimate of drug-likeness (QED) is 0.385. The normalized spacial score (nSPS) is 22.9. The number of hydrogen-bond donors (Lipinski definition) is 2. The van der Waals surface area contributed by atoms with Crippen LogP contribution in [-0.4, -0.2) is 38.9 Å². The Labute approximate surface area is 172 Å². The third kappa shape index (κ3) is 6.19. The van der Waals surface area contributed by atoms with E-state index in [4.69, 9.17) is 19.9 Å². The van der Waals surface area contributed by atoms with Crippen molar-refractivity contribution in [1.29, 1.82) is 0 Å². The number of fused-ring (bicyclic) bond motifs is 1. The van der Waals surface area contributed by atoms with E-state index in [0.717, 1.165) is 55.3 Å². The van der Waals surface area contributed by atoms with Crippen LogP contribution in [0.5, 0.6) is 11.5 Å². The van der Waals surface area contributed by atoms with Crippen LogP contribution in [0.2, 0.25) is 0 Å². The van der Waals surface area contributed by atoms with Crippen molar-refractivity contribution in [3.63, 3.8) is 0 Å². The van der Waals surface area contributed by atoms with Crippen LogP contribution in [0.1, 0.15) is 38.5 Å². The van der Waals surface area contributed by atoms with Gasteiger partial charge in [0, 0.05) is 31.8 Å². The molecule has 2 aliphatic rings. The molecule has 3 rings (SSSR count). The molecule has 0 bridgehead atoms. The molecule has 0 aromatic heterocycles. The maximum absolute atomic E-state index is 6.02. The van der Waals surface area contributed by atoms with Crippen LogP contribution in [0.4, 0.5) is 5.69 Å². The molecule has 0 atom stereocenters. The highest BCUT2D eigenvalue weighted by atomic mass is 127. The summed E-state index contributed by atoms with van der Waals surface area (Å²) >= 11 is 0. The minimum atomic E-state index is 0. The predicted octanol–water partition coefficient (Wildman–Crippen LogP) is 3.79. The monoisotopic (exact) mass is 475 g/mol. The lowest BCUT2D eigenvalue weighted by Gasteiger charge is -2.27. The van der Waals surface area contributed by atoms with Crippen molar-refractivity contribution in [2.75, 3.05) is 32.2 Å². The highest BCUT2D eigenvalue weighted by Gasteiger charge is 2.20. The molecule has 1 aliphatic heterocycles. The van der Waals surface area contributed by atoms with Gasteiger partial charge in [-0.05, 0) is 50.2 Å². The van der Waals surface area contributed by atoms with Crippen LogP contribution in [0.15, 0.2) is 23.2 Å².